The van der Waals surface area contributed by atoms with E-state index >= 15 is 0 Å². The minimum absolute atomic E-state index is 0.359. The number of rotatable bonds is 7. The number of piperazine rings is 1. The quantitative estimate of drug-likeness (QED) is 0.544. The fraction of sp³-hybridized carbons (Fsp3) is 0.696. The third kappa shape index (κ3) is 5.30. The zero-order chi connectivity index (χ0) is 20.1. The van der Waals surface area contributed by atoms with Crippen molar-refractivity contribution in [3.63, 3.8) is 0 Å². The van der Waals surface area contributed by atoms with Crippen LogP contribution >= 0.6 is 0 Å². The first-order valence-electron chi connectivity index (χ1n) is 11.5. The van der Waals surface area contributed by atoms with E-state index in [2.05, 4.69) is 58.5 Å². The average molecular weight is 400 g/mol. The highest BCUT2D eigenvalue weighted by Crippen LogP contribution is 2.34. The predicted octanol–water partition coefficient (Wildman–Crippen LogP) is 2.20. The third-order valence-electron chi connectivity index (χ3n) is 6.60. The van der Waals surface area contributed by atoms with E-state index in [1.165, 1.54) is 37.1 Å². The summed E-state index contributed by atoms with van der Waals surface area (Å²) >= 11 is 0. The van der Waals surface area contributed by atoms with Crippen molar-refractivity contribution in [2.24, 2.45) is 4.99 Å². The molecule has 0 aromatic heterocycles. The number of likely N-dealkylation sites (N-methyl/N-ethyl adjacent to an activating group) is 1. The minimum Gasteiger partial charge on any atom is -0.373 e. The zero-order valence-corrected chi connectivity index (χ0v) is 18.1. The van der Waals surface area contributed by atoms with Crippen LogP contribution in [0.5, 0.6) is 0 Å². The molecule has 0 saturated carbocycles. The molecule has 0 radical (unpaired) electrons. The Morgan fingerprint density at radius 1 is 1.07 bits per heavy atom. The average Bonchev–Trinajstić information content (AvgIpc) is 3.37. The van der Waals surface area contributed by atoms with E-state index in [4.69, 9.17) is 9.73 Å². The molecule has 29 heavy (non-hydrogen) atoms. The summed E-state index contributed by atoms with van der Waals surface area (Å²) in [7, 11) is 0. The summed E-state index contributed by atoms with van der Waals surface area (Å²) in [6, 6.07) is 9.18. The van der Waals surface area contributed by atoms with Gasteiger partial charge in [0.25, 0.3) is 0 Å². The lowest BCUT2D eigenvalue weighted by atomic mass is 9.96. The number of nitrogens with zero attached hydrogens (tertiary/aromatic N) is 3. The smallest absolute Gasteiger partial charge is 0.191 e. The summed E-state index contributed by atoms with van der Waals surface area (Å²) in [6.07, 6.45) is 4.31. The monoisotopic (exact) mass is 399 g/mol. The Kier molecular flexibility index (Phi) is 7.06. The molecule has 3 heterocycles. The number of hydrogen-bond acceptors (Lipinski definition) is 4. The molecule has 1 aromatic rings. The SMILES string of the molecule is CCNC(=NCc1ccccc1CN1CCN(CC)CC1)NC1CC2CCC1O2. The largest absolute Gasteiger partial charge is 0.373 e. The van der Waals surface area contributed by atoms with Crippen molar-refractivity contribution >= 4 is 5.96 Å². The van der Waals surface area contributed by atoms with Crippen LogP contribution in [0.25, 0.3) is 0 Å². The molecule has 160 valence electrons. The van der Waals surface area contributed by atoms with E-state index in [9.17, 15) is 0 Å². The predicted molar refractivity (Wildman–Crippen MR) is 118 cm³/mol. The van der Waals surface area contributed by atoms with Gasteiger partial charge in [-0.3, -0.25) is 4.90 Å². The van der Waals surface area contributed by atoms with Crippen molar-refractivity contribution < 1.29 is 4.74 Å². The molecule has 3 aliphatic rings. The first-order chi connectivity index (χ1) is 14.2. The number of fused-ring (bicyclic) bond motifs is 2. The Labute approximate surface area is 175 Å². The molecule has 3 unspecified atom stereocenters. The number of guanidine groups is 1. The topological polar surface area (TPSA) is 52.1 Å². The summed E-state index contributed by atoms with van der Waals surface area (Å²) < 4.78 is 5.99. The van der Waals surface area contributed by atoms with Crippen LogP contribution in [-0.2, 0) is 17.8 Å². The van der Waals surface area contributed by atoms with Crippen molar-refractivity contribution in [3.05, 3.63) is 35.4 Å². The van der Waals surface area contributed by atoms with E-state index in [0.717, 1.165) is 45.1 Å². The lowest BCUT2D eigenvalue weighted by Crippen LogP contribution is -2.47. The summed E-state index contributed by atoms with van der Waals surface area (Å²) in [5.41, 5.74) is 2.73. The standard InChI is InChI=1S/C23H37N5O/c1-3-24-23(26-21-15-20-9-10-22(21)29-20)25-16-18-7-5-6-8-19(18)17-28-13-11-27(4-2)12-14-28/h5-8,20-22H,3-4,9-17H2,1-2H3,(H2,24,25,26). The molecule has 4 rings (SSSR count). The third-order valence-corrected chi connectivity index (χ3v) is 6.60. The molecule has 3 saturated heterocycles. The van der Waals surface area contributed by atoms with Gasteiger partial charge in [0.1, 0.15) is 0 Å². The summed E-state index contributed by atoms with van der Waals surface area (Å²) in [5.74, 6) is 0.917. The number of aliphatic imine (C=N–C) groups is 1. The fourth-order valence-electron chi connectivity index (χ4n) is 4.82. The molecular weight excluding hydrogens is 362 g/mol. The Balaban J connectivity index is 1.37. The van der Waals surface area contributed by atoms with Crippen molar-refractivity contribution in [1.29, 1.82) is 0 Å². The molecule has 6 nitrogen and oxygen atoms in total. The molecule has 3 aliphatic heterocycles. The molecule has 6 heteroatoms. The Morgan fingerprint density at radius 3 is 2.48 bits per heavy atom. The summed E-state index contributed by atoms with van der Waals surface area (Å²) in [5, 5.41) is 7.05. The van der Waals surface area contributed by atoms with Gasteiger partial charge >= 0.3 is 0 Å². The maximum atomic E-state index is 5.99. The van der Waals surface area contributed by atoms with E-state index < -0.39 is 0 Å². The first kappa shape index (κ1) is 20.6. The van der Waals surface area contributed by atoms with Gasteiger partial charge in [-0.2, -0.15) is 0 Å². The van der Waals surface area contributed by atoms with Crippen LogP contribution in [0, 0.1) is 0 Å². The van der Waals surface area contributed by atoms with Crippen LogP contribution in [0.15, 0.2) is 29.3 Å². The molecule has 0 aliphatic carbocycles. The maximum absolute atomic E-state index is 5.99. The molecular formula is C23H37N5O. The van der Waals surface area contributed by atoms with Crippen molar-refractivity contribution in [2.75, 3.05) is 39.3 Å². The highest BCUT2D eigenvalue weighted by molar-refractivity contribution is 5.80. The molecule has 3 atom stereocenters. The van der Waals surface area contributed by atoms with Gasteiger partial charge in [-0.15, -0.1) is 0 Å². The van der Waals surface area contributed by atoms with E-state index in [-0.39, 0.29) is 0 Å². The molecule has 0 spiro atoms. The maximum Gasteiger partial charge on any atom is 0.191 e. The van der Waals surface area contributed by atoms with E-state index in [1.54, 1.807) is 0 Å². The van der Waals surface area contributed by atoms with Gasteiger partial charge in [-0.1, -0.05) is 31.2 Å². The Morgan fingerprint density at radius 2 is 1.83 bits per heavy atom. The highest BCUT2D eigenvalue weighted by Gasteiger charge is 2.41. The van der Waals surface area contributed by atoms with Crippen LogP contribution in [0.2, 0.25) is 0 Å². The number of hydrogen-bond donors (Lipinski definition) is 2. The van der Waals surface area contributed by atoms with E-state index in [0.29, 0.717) is 24.8 Å². The van der Waals surface area contributed by atoms with Gasteiger partial charge in [-0.05, 0) is 43.9 Å². The van der Waals surface area contributed by atoms with Crippen molar-refractivity contribution in [3.8, 4) is 0 Å². The molecule has 1 aromatic carbocycles. The molecule has 2 bridgehead atoms. The van der Waals surface area contributed by atoms with E-state index in [1.807, 2.05) is 0 Å². The number of ether oxygens (including phenoxy) is 1. The number of benzene rings is 1. The highest BCUT2D eigenvalue weighted by atomic mass is 16.5. The van der Waals surface area contributed by atoms with Crippen molar-refractivity contribution in [2.45, 2.75) is 64.4 Å². The lowest BCUT2D eigenvalue weighted by Gasteiger charge is -2.34. The van der Waals surface area contributed by atoms with Crippen LogP contribution < -0.4 is 10.6 Å². The zero-order valence-electron chi connectivity index (χ0n) is 18.1. The van der Waals surface area contributed by atoms with Crippen LogP contribution in [-0.4, -0.2) is 73.3 Å². The second-order valence-electron chi connectivity index (χ2n) is 8.53. The molecule has 0 amide bonds. The summed E-state index contributed by atoms with van der Waals surface area (Å²) in [4.78, 5) is 10.0. The lowest BCUT2D eigenvalue weighted by molar-refractivity contribution is 0.0992. The normalized spacial score (nSPS) is 28.1. The minimum atomic E-state index is 0.359. The van der Waals surface area contributed by atoms with Crippen LogP contribution in [0.4, 0.5) is 0 Å². The first-order valence-corrected chi connectivity index (χ1v) is 11.5. The Hall–Kier alpha value is -1.63. The van der Waals surface area contributed by atoms with Gasteiger partial charge in [-0.25, -0.2) is 4.99 Å². The van der Waals surface area contributed by atoms with Crippen LogP contribution in [0.1, 0.15) is 44.2 Å². The van der Waals surface area contributed by atoms with Gasteiger partial charge in [0, 0.05) is 39.3 Å². The Bertz CT molecular complexity index is 686. The van der Waals surface area contributed by atoms with Gasteiger partial charge < -0.3 is 20.3 Å². The second-order valence-corrected chi connectivity index (χ2v) is 8.53. The molecule has 3 fully saturated rings. The van der Waals surface area contributed by atoms with Gasteiger partial charge in [0.05, 0.1) is 24.8 Å². The van der Waals surface area contributed by atoms with Crippen LogP contribution in [0.3, 0.4) is 0 Å². The summed E-state index contributed by atoms with van der Waals surface area (Å²) in [6.45, 7) is 12.8. The van der Waals surface area contributed by atoms with Gasteiger partial charge in [0.15, 0.2) is 5.96 Å². The van der Waals surface area contributed by atoms with Gasteiger partial charge in [0.2, 0.25) is 0 Å². The molecule has 2 N–H and O–H groups in total. The fourth-order valence-corrected chi connectivity index (χ4v) is 4.82. The van der Waals surface area contributed by atoms with Crippen molar-refractivity contribution in [1.82, 2.24) is 20.4 Å². The number of nitrogens with one attached hydrogen (secondary N) is 2. The second kappa shape index (κ2) is 9.92.